The number of hydrogen-bond donors (Lipinski definition) is 1. The highest BCUT2D eigenvalue weighted by molar-refractivity contribution is 5.94. The molecule has 1 N–H and O–H groups in total. The Labute approximate surface area is 140 Å². The predicted octanol–water partition coefficient (Wildman–Crippen LogP) is 2.99. The van der Waals surface area contributed by atoms with E-state index in [1.54, 1.807) is 23.0 Å². The molecule has 0 saturated carbocycles. The van der Waals surface area contributed by atoms with Crippen LogP contribution in [-0.4, -0.2) is 28.8 Å². The first-order valence-electron chi connectivity index (χ1n) is 7.80. The van der Waals surface area contributed by atoms with E-state index < -0.39 is 0 Å². The van der Waals surface area contributed by atoms with Crippen molar-refractivity contribution in [3.05, 3.63) is 78.1 Å². The summed E-state index contributed by atoms with van der Waals surface area (Å²) in [6.45, 7) is 2.91. The van der Waals surface area contributed by atoms with Crippen LogP contribution in [0.15, 0.2) is 67.0 Å². The standard InChI is InChI=1S/C19H19N3O2/c1-15-3-9-18(10-4-15)24-14-12-20-19(23)16-5-7-17(8-6-16)22-13-2-11-21-22/h2-11,13H,12,14H2,1H3,(H,20,23). The summed E-state index contributed by atoms with van der Waals surface area (Å²) in [5, 5.41) is 7.00. The monoisotopic (exact) mass is 321 g/mol. The van der Waals surface area contributed by atoms with Gasteiger partial charge in [0.15, 0.2) is 0 Å². The molecule has 0 atom stereocenters. The van der Waals surface area contributed by atoms with Gasteiger partial charge in [0.05, 0.1) is 12.2 Å². The lowest BCUT2D eigenvalue weighted by atomic mass is 10.2. The molecule has 0 bridgehead atoms. The number of carbonyl (C=O) groups is 1. The molecular weight excluding hydrogens is 302 g/mol. The van der Waals surface area contributed by atoms with Crippen molar-refractivity contribution in [2.75, 3.05) is 13.2 Å². The van der Waals surface area contributed by atoms with E-state index in [4.69, 9.17) is 4.74 Å². The number of hydrogen-bond acceptors (Lipinski definition) is 3. The minimum Gasteiger partial charge on any atom is -0.492 e. The number of nitrogens with zero attached hydrogens (tertiary/aromatic N) is 2. The van der Waals surface area contributed by atoms with Crippen molar-refractivity contribution >= 4 is 5.91 Å². The summed E-state index contributed by atoms with van der Waals surface area (Å²) >= 11 is 0. The average molecular weight is 321 g/mol. The smallest absolute Gasteiger partial charge is 0.251 e. The molecule has 122 valence electrons. The molecule has 0 saturated heterocycles. The molecule has 0 aliphatic rings. The molecule has 1 aromatic heterocycles. The molecular formula is C19H19N3O2. The van der Waals surface area contributed by atoms with Crippen LogP contribution in [0, 0.1) is 6.92 Å². The van der Waals surface area contributed by atoms with Gasteiger partial charge in [0, 0.05) is 18.0 Å². The van der Waals surface area contributed by atoms with Gasteiger partial charge in [-0.05, 0) is 49.4 Å². The van der Waals surface area contributed by atoms with Crippen molar-refractivity contribution < 1.29 is 9.53 Å². The largest absolute Gasteiger partial charge is 0.492 e. The van der Waals surface area contributed by atoms with E-state index in [0.29, 0.717) is 18.7 Å². The van der Waals surface area contributed by atoms with Crippen LogP contribution >= 0.6 is 0 Å². The molecule has 1 heterocycles. The SMILES string of the molecule is Cc1ccc(OCCNC(=O)c2ccc(-n3cccn3)cc2)cc1. The van der Waals surface area contributed by atoms with Gasteiger partial charge in [0.2, 0.25) is 0 Å². The Morgan fingerprint density at radius 1 is 1.12 bits per heavy atom. The first-order chi connectivity index (χ1) is 11.7. The molecule has 0 fully saturated rings. The number of benzene rings is 2. The van der Waals surface area contributed by atoms with E-state index in [1.807, 2.05) is 55.6 Å². The van der Waals surface area contributed by atoms with Crippen LogP contribution in [0.5, 0.6) is 5.75 Å². The summed E-state index contributed by atoms with van der Waals surface area (Å²) in [6.07, 6.45) is 3.58. The maximum Gasteiger partial charge on any atom is 0.251 e. The summed E-state index contributed by atoms with van der Waals surface area (Å²) in [4.78, 5) is 12.1. The Morgan fingerprint density at radius 3 is 2.54 bits per heavy atom. The van der Waals surface area contributed by atoms with Crippen LogP contribution in [0.3, 0.4) is 0 Å². The Kier molecular flexibility index (Phi) is 4.91. The second-order valence-corrected chi connectivity index (χ2v) is 5.41. The number of carbonyl (C=O) groups excluding carboxylic acids is 1. The van der Waals surface area contributed by atoms with Crippen LogP contribution in [0.1, 0.15) is 15.9 Å². The lowest BCUT2D eigenvalue weighted by molar-refractivity contribution is 0.0947. The number of rotatable bonds is 6. The third kappa shape index (κ3) is 4.01. The molecule has 3 aromatic rings. The highest BCUT2D eigenvalue weighted by atomic mass is 16.5. The van der Waals surface area contributed by atoms with E-state index in [9.17, 15) is 4.79 Å². The Morgan fingerprint density at radius 2 is 1.88 bits per heavy atom. The molecule has 0 aliphatic carbocycles. The molecule has 5 nitrogen and oxygen atoms in total. The molecule has 3 rings (SSSR count). The fourth-order valence-electron chi connectivity index (χ4n) is 2.26. The van der Waals surface area contributed by atoms with Crippen molar-refractivity contribution in [2.24, 2.45) is 0 Å². The Bertz CT molecular complexity index is 778. The van der Waals surface area contributed by atoms with Crippen molar-refractivity contribution in [1.29, 1.82) is 0 Å². The van der Waals surface area contributed by atoms with Crippen molar-refractivity contribution in [2.45, 2.75) is 6.92 Å². The fraction of sp³-hybridized carbons (Fsp3) is 0.158. The van der Waals surface area contributed by atoms with Gasteiger partial charge in [0.25, 0.3) is 5.91 Å². The molecule has 2 aromatic carbocycles. The second kappa shape index (κ2) is 7.46. The number of aryl methyl sites for hydroxylation is 1. The minimum absolute atomic E-state index is 0.116. The summed E-state index contributed by atoms with van der Waals surface area (Å²) in [7, 11) is 0. The maximum atomic E-state index is 12.1. The van der Waals surface area contributed by atoms with Crippen LogP contribution in [0.25, 0.3) is 5.69 Å². The van der Waals surface area contributed by atoms with Gasteiger partial charge >= 0.3 is 0 Å². The van der Waals surface area contributed by atoms with Gasteiger partial charge in [-0.15, -0.1) is 0 Å². The fourth-order valence-corrected chi connectivity index (χ4v) is 2.26. The van der Waals surface area contributed by atoms with E-state index in [1.165, 1.54) is 5.56 Å². The maximum absolute atomic E-state index is 12.1. The van der Waals surface area contributed by atoms with Crippen LogP contribution < -0.4 is 10.1 Å². The van der Waals surface area contributed by atoms with Gasteiger partial charge in [0.1, 0.15) is 12.4 Å². The van der Waals surface area contributed by atoms with E-state index in [0.717, 1.165) is 11.4 Å². The van der Waals surface area contributed by atoms with E-state index >= 15 is 0 Å². The molecule has 24 heavy (non-hydrogen) atoms. The summed E-state index contributed by atoms with van der Waals surface area (Å²) in [5.74, 6) is 0.688. The van der Waals surface area contributed by atoms with Gasteiger partial charge in [-0.1, -0.05) is 17.7 Å². The highest BCUT2D eigenvalue weighted by Gasteiger charge is 2.05. The number of nitrogens with one attached hydrogen (secondary N) is 1. The van der Waals surface area contributed by atoms with E-state index in [2.05, 4.69) is 10.4 Å². The lowest BCUT2D eigenvalue weighted by Crippen LogP contribution is -2.28. The zero-order valence-corrected chi connectivity index (χ0v) is 13.5. The van der Waals surface area contributed by atoms with Gasteiger partial charge in [-0.25, -0.2) is 4.68 Å². The van der Waals surface area contributed by atoms with Crippen LogP contribution in [-0.2, 0) is 0 Å². The van der Waals surface area contributed by atoms with Gasteiger partial charge < -0.3 is 10.1 Å². The van der Waals surface area contributed by atoms with Crippen molar-refractivity contribution in [3.8, 4) is 11.4 Å². The number of ether oxygens (including phenoxy) is 1. The Hall–Kier alpha value is -3.08. The predicted molar refractivity (Wildman–Crippen MR) is 92.6 cm³/mol. The van der Waals surface area contributed by atoms with E-state index in [-0.39, 0.29) is 5.91 Å². The zero-order valence-electron chi connectivity index (χ0n) is 13.5. The van der Waals surface area contributed by atoms with Crippen molar-refractivity contribution in [3.63, 3.8) is 0 Å². The first kappa shape index (κ1) is 15.8. The van der Waals surface area contributed by atoms with Gasteiger partial charge in [-0.3, -0.25) is 4.79 Å². The normalized spacial score (nSPS) is 10.4. The topological polar surface area (TPSA) is 56.1 Å². The number of aromatic nitrogens is 2. The van der Waals surface area contributed by atoms with Crippen LogP contribution in [0.4, 0.5) is 0 Å². The average Bonchev–Trinajstić information content (AvgIpc) is 3.15. The summed E-state index contributed by atoms with van der Waals surface area (Å²) in [5.41, 5.74) is 2.72. The molecule has 5 heteroatoms. The minimum atomic E-state index is -0.116. The molecule has 0 spiro atoms. The molecule has 0 unspecified atom stereocenters. The Balaban J connectivity index is 1.47. The summed E-state index contributed by atoms with van der Waals surface area (Å²) < 4.78 is 7.34. The zero-order chi connectivity index (χ0) is 16.8. The van der Waals surface area contributed by atoms with Crippen LogP contribution in [0.2, 0.25) is 0 Å². The third-order valence-electron chi connectivity index (χ3n) is 3.58. The van der Waals surface area contributed by atoms with Gasteiger partial charge in [-0.2, -0.15) is 5.10 Å². The third-order valence-corrected chi connectivity index (χ3v) is 3.58. The summed E-state index contributed by atoms with van der Waals surface area (Å²) in [6, 6.07) is 17.0. The second-order valence-electron chi connectivity index (χ2n) is 5.41. The van der Waals surface area contributed by atoms with Crippen molar-refractivity contribution in [1.82, 2.24) is 15.1 Å². The lowest BCUT2D eigenvalue weighted by Gasteiger charge is -2.08. The highest BCUT2D eigenvalue weighted by Crippen LogP contribution is 2.11. The number of amides is 1. The molecule has 0 radical (unpaired) electrons. The quantitative estimate of drug-likeness (QED) is 0.710. The molecule has 1 amide bonds. The first-order valence-corrected chi connectivity index (χ1v) is 7.80. The molecule has 0 aliphatic heterocycles.